The van der Waals surface area contributed by atoms with E-state index in [4.69, 9.17) is 38.3 Å². The molecule has 1 aromatic rings. The predicted molar refractivity (Wildman–Crippen MR) is 58.9 cm³/mol. The van der Waals surface area contributed by atoms with Gasteiger partial charge in [0.05, 0.1) is 0 Å². The van der Waals surface area contributed by atoms with E-state index in [0.717, 1.165) is 6.92 Å². The number of hydrogen-bond acceptors (Lipinski definition) is 3. The Hall–Kier alpha value is -1.26. The summed E-state index contributed by atoms with van der Waals surface area (Å²) in [5.41, 5.74) is 0.638. The van der Waals surface area contributed by atoms with Gasteiger partial charge in [-0.3, -0.25) is 4.79 Å². The summed E-state index contributed by atoms with van der Waals surface area (Å²) in [6.45, 7) is 1.08. The van der Waals surface area contributed by atoms with Gasteiger partial charge in [-0.15, -0.1) is 0 Å². The van der Waals surface area contributed by atoms with Gasteiger partial charge in [-0.1, -0.05) is 40.5 Å². The minimum Gasteiger partial charge on any atom is -0.481 e. The standard InChI is InChI=1S/C7H5Cl2NO.C2H4O2/c8-6-3-1-5(2-4-6)7(9)10-11;1-2(3)4/h1-4,11H;1H3,(H,3,4)/b10-7+;. The van der Waals surface area contributed by atoms with Crippen LogP contribution in [-0.2, 0) is 4.79 Å². The second-order valence-corrected chi connectivity index (χ2v) is 3.21. The number of hydrogen-bond donors (Lipinski definition) is 2. The highest BCUT2D eigenvalue weighted by atomic mass is 35.5. The Morgan fingerprint density at radius 1 is 1.33 bits per heavy atom. The van der Waals surface area contributed by atoms with Crippen LogP contribution in [0.3, 0.4) is 0 Å². The monoisotopic (exact) mass is 249 g/mol. The zero-order chi connectivity index (χ0) is 11.8. The van der Waals surface area contributed by atoms with E-state index in [-0.39, 0.29) is 5.17 Å². The Morgan fingerprint density at radius 2 is 1.73 bits per heavy atom. The number of aliphatic carboxylic acids is 1. The largest absolute Gasteiger partial charge is 0.481 e. The molecule has 0 aliphatic heterocycles. The molecular formula is C9H9Cl2NO3. The number of carboxylic acids is 1. The van der Waals surface area contributed by atoms with Gasteiger partial charge in [-0.25, -0.2) is 0 Å². The van der Waals surface area contributed by atoms with E-state index < -0.39 is 5.97 Å². The number of benzene rings is 1. The van der Waals surface area contributed by atoms with Crippen LogP contribution in [0.25, 0.3) is 0 Å². The highest BCUT2D eigenvalue weighted by molar-refractivity contribution is 6.69. The maximum Gasteiger partial charge on any atom is 0.300 e. The Bertz CT molecular complexity index is 345. The number of carbonyl (C=O) groups is 1. The number of nitrogens with zero attached hydrogens (tertiary/aromatic N) is 1. The van der Waals surface area contributed by atoms with E-state index in [0.29, 0.717) is 10.6 Å². The molecular weight excluding hydrogens is 241 g/mol. The maximum absolute atomic E-state index is 9.00. The van der Waals surface area contributed by atoms with E-state index in [1.165, 1.54) is 0 Å². The minimum atomic E-state index is -0.833. The molecule has 1 aromatic carbocycles. The second-order valence-electron chi connectivity index (χ2n) is 2.42. The number of oxime groups is 1. The fourth-order valence-electron chi connectivity index (χ4n) is 0.645. The molecule has 82 valence electrons. The zero-order valence-electron chi connectivity index (χ0n) is 7.82. The lowest BCUT2D eigenvalue weighted by atomic mass is 10.2. The highest BCUT2D eigenvalue weighted by Gasteiger charge is 1.98. The molecule has 4 nitrogen and oxygen atoms in total. The van der Waals surface area contributed by atoms with Crippen LogP contribution >= 0.6 is 23.2 Å². The van der Waals surface area contributed by atoms with E-state index in [9.17, 15) is 0 Å². The first-order valence-electron chi connectivity index (χ1n) is 3.80. The minimum absolute atomic E-state index is 0.0571. The molecule has 0 spiro atoms. The van der Waals surface area contributed by atoms with Gasteiger partial charge >= 0.3 is 0 Å². The smallest absolute Gasteiger partial charge is 0.300 e. The molecule has 0 unspecified atom stereocenters. The van der Waals surface area contributed by atoms with Crippen LogP contribution in [-0.4, -0.2) is 21.5 Å². The Kier molecular flexibility index (Phi) is 6.49. The Labute approximate surface area is 96.7 Å². The molecule has 0 fully saturated rings. The first kappa shape index (κ1) is 13.7. The average Bonchev–Trinajstić information content (AvgIpc) is 2.17. The molecule has 0 aromatic heterocycles. The van der Waals surface area contributed by atoms with Gasteiger partial charge in [-0.2, -0.15) is 0 Å². The molecule has 15 heavy (non-hydrogen) atoms. The lowest BCUT2D eigenvalue weighted by Gasteiger charge is -1.94. The number of rotatable bonds is 1. The van der Waals surface area contributed by atoms with E-state index in [2.05, 4.69) is 5.16 Å². The van der Waals surface area contributed by atoms with Crippen molar-refractivity contribution in [2.45, 2.75) is 6.92 Å². The number of halogens is 2. The van der Waals surface area contributed by atoms with Crippen molar-refractivity contribution in [1.29, 1.82) is 0 Å². The van der Waals surface area contributed by atoms with Crippen LogP contribution in [0.15, 0.2) is 29.4 Å². The molecule has 0 radical (unpaired) electrons. The van der Waals surface area contributed by atoms with Crippen LogP contribution < -0.4 is 0 Å². The molecule has 6 heteroatoms. The molecule has 0 saturated heterocycles. The summed E-state index contributed by atoms with van der Waals surface area (Å²) in [4.78, 5) is 9.00. The third-order valence-electron chi connectivity index (χ3n) is 1.17. The molecule has 0 heterocycles. The van der Waals surface area contributed by atoms with Crippen LogP contribution in [0.1, 0.15) is 12.5 Å². The predicted octanol–water partition coefficient (Wildman–Crippen LogP) is 2.81. The third kappa shape index (κ3) is 6.76. The maximum atomic E-state index is 9.00. The summed E-state index contributed by atoms with van der Waals surface area (Å²) in [5, 5.41) is 19.2. The summed E-state index contributed by atoms with van der Waals surface area (Å²) in [7, 11) is 0. The van der Waals surface area contributed by atoms with Gasteiger partial charge in [0, 0.05) is 17.5 Å². The molecule has 0 aliphatic rings. The highest BCUT2D eigenvalue weighted by Crippen LogP contribution is 2.11. The van der Waals surface area contributed by atoms with Gasteiger partial charge in [0.25, 0.3) is 5.97 Å². The molecule has 0 atom stereocenters. The molecule has 2 N–H and O–H groups in total. The Morgan fingerprint density at radius 3 is 2.07 bits per heavy atom. The summed E-state index contributed by atoms with van der Waals surface area (Å²) < 4.78 is 0. The molecule has 0 amide bonds. The molecule has 0 aliphatic carbocycles. The summed E-state index contributed by atoms with van der Waals surface area (Å²) in [5.74, 6) is -0.833. The first-order chi connectivity index (χ1) is 6.97. The van der Waals surface area contributed by atoms with Crippen molar-refractivity contribution >= 4 is 34.3 Å². The fraction of sp³-hybridized carbons (Fsp3) is 0.111. The quantitative estimate of drug-likeness (QED) is 0.457. The number of carboxylic acid groups (broad SMARTS) is 1. The van der Waals surface area contributed by atoms with Gasteiger partial charge in [0.15, 0.2) is 5.17 Å². The van der Waals surface area contributed by atoms with Gasteiger partial charge in [0.2, 0.25) is 0 Å². The van der Waals surface area contributed by atoms with Crippen LogP contribution in [0.4, 0.5) is 0 Å². The second kappa shape index (κ2) is 7.09. The van der Waals surface area contributed by atoms with E-state index >= 15 is 0 Å². The van der Waals surface area contributed by atoms with E-state index in [1.54, 1.807) is 24.3 Å². The lowest BCUT2D eigenvalue weighted by Crippen LogP contribution is -1.88. The topological polar surface area (TPSA) is 69.9 Å². The van der Waals surface area contributed by atoms with Crippen molar-refractivity contribution in [2.24, 2.45) is 5.16 Å². The van der Waals surface area contributed by atoms with Gasteiger partial charge in [-0.05, 0) is 12.1 Å². The first-order valence-corrected chi connectivity index (χ1v) is 4.56. The average molecular weight is 250 g/mol. The van der Waals surface area contributed by atoms with Gasteiger partial charge in [0.1, 0.15) is 0 Å². The zero-order valence-corrected chi connectivity index (χ0v) is 9.33. The van der Waals surface area contributed by atoms with Gasteiger partial charge < -0.3 is 10.3 Å². The summed E-state index contributed by atoms with van der Waals surface area (Å²) in [6, 6.07) is 6.68. The van der Waals surface area contributed by atoms with Crippen LogP contribution in [0.5, 0.6) is 0 Å². The third-order valence-corrected chi connectivity index (χ3v) is 1.72. The molecule has 0 saturated carbocycles. The van der Waals surface area contributed by atoms with Crippen molar-refractivity contribution in [3.63, 3.8) is 0 Å². The molecule has 0 bridgehead atoms. The summed E-state index contributed by atoms with van der Waals surface area (Å²) >= 11 is 11.1. The normalized spacial score (nSPS) is 10.2. The van der Waals surface area contributed by atoms with Crippen LogP contribution in [0.2, 0.25) is 5.02 Å². The van der Waals surface area contributed by atoms with E-state index in [1.807, 2.05) is 0 Å². The SMILES string of the molecule is CC(=O)O.O/N=C(/Cl)c1ccc(Cl)cc1. The van der Waals surface area contributed by atoms with Crippen molar-refractivity contribution in [3.05, 3.63) is 34.9 Å². The molecule has 1 rings (SSSR count). The van der Waals surface area contributed by atoms with Crippen molar-refractivity contribution < 1.29 is 15.1 Å². The lowest BCUT2D eigenvalue weighted by molar-refractivity contribution is -0.134. The summed E-state index contributed by atoms with van der Waals surface area (Å²) in [6.07, 6.45) is 0. The fourth-order valence-corrected chi connectivity index (χ4v) is 0.897. The Balaban J connectivity index is 0.000000423. The van der Waals surface area contributed by atoms with Crippen molar-refractivity contribution in [2.75, 3.05) is 0 Å². The van der Waals surface area contributed by atoms with Crippen molar-refractivity contribution in [1.82, 2.24) is 0 Å². The van der Waals surface area contributed by atoms with Crippen molar-refractivity contribution in [3.8, 4) is 0 Å². The van der Waals surface area contributed by atoms with Crippen LogP contribution in [0, 0.1) is 0 Å².